The number of benzene rings is 2. The third kappa shape index (κ3) is 4.02. The number of carbonyl (C=O) groups is 1. The summed E-state index contributed by atoms with van der Waals surface area (Å²) in [5.41, 5.74) is 3.35. The molecule has 2 aromatic rings. The van der Waals surface area contributed by atoms with Gasteiger partial charge in [-0.2, -0.15) is 5.10 Å². The molecule has 0 saturated carbocycles. The molecule has 1 heterocycles. The molecule has 3 rings (SSSR count). The number of nitrogens with zero attached hydrogens (tertiary/aromatic N) is 2. The molecule has 0 radical (unpaired) electrons. The fraction of sp³-hybridized carbons (Fsp3) is 0.263. The van der Waals surface area contributed by atoms with E-state index < -0.39 is 0 Å². The van der Waals surface area contributed by atoms with Gasteiger partial charge in [-0.3, -0.25) is 4.79 Å². The Kier molecular flexibility index (Phi) is 5.13. The van der Waals surface area contributed by atoms with Crippen molar-refractivity contribution < 1.29 is 4.79 Å². The number of thioether (sulfide) groups is 1. The highest BCUT2D eigenvalue weighted by Crippen LogP contribution is 2.28. The monoisotopic (exact) mass is 324 g/mol. The van der Waals surface area contributed by atoms with E-state index in [2.05, 4.69) is 24.2 Å². The molecule has 1 amide bonds. The van der Waals surface area contributed by atoms with Crippen LogP contribution in [0.3, 0.4) is 0 Å². The molecular formula is C19H20N2OS. The zero-order chi connectivity index (χ0) is 16.1. The van der Waals surface area contributed by atoms with Crippen LogP contribution in [0.4, 0.5) is 0 Å². The van der Waals surface area contributed by atoms with Crippen LogP contribution in [0.2, 0.25) is 0 Å². The molecule has 0 saturated heterocycles. The van der Waals surface area contributed by atoms with Gasteiger partial charge in [0.05, 0.1) is 18.0 Å². The fourth-order valence-corrected chi connectivity index (χ4v) is 3.45. The Hall–Kier alpha value is -2.07. The fourth-order valence-electron chi connectivity index (χ4n) is 2.56. The molecule has 1 unspecified atom stereocenters. The van der Waals surface area contributed by atoms with Crippen LogP contribution in [0.5, 0.6) is 0 Å². The lowest BCUT2D eigenvalue weighted by atomic mass is 10.1. The van der Waals surface area contributed by atoms with Crippen LogP contribution in [-0.4, -0.2) is 28.9 Å². The third-order valence-electron chi connectivity index (χ3n) is 3.92. The zero-order valence-electron chi connectivity index (χ0n) is 13.2. The molecule has 0 aliphatic carbocycles. The van der Waals surface area contributed by atoms with E-state index in [0.29, 0.717) is 17.5 Å². The summed E-state index contributed by atoms with van der Waals surface area (Å²) >= 11 is 1.66. The smallest absolute Gasteiger partial charge is 0.252 e. The maximum atomic E-state index is 12.4. The van der Waals surface area contributed by atoms with Crippen molar-refractivity contribution in [1.29, 1.82) is 0 Å². The first-order valence-electron chi connectivity index (χ1n) is 7.84. The molecule has 118 valence electrons. The summed E-state index contributed by atoms with van der Waals surface area (Å²) in [5.74, 6) is 0.547. The van der Waals surface area contributed by atoms with Crippen LogP contribution < -0.4 is 0 Å². The van der Waals surface area contributed by atoms with E-state index in [1.54, 1.807) is 16.8 Å². The summed E-state index contributed by atoms with van der Waals surface area (Å²) in [6, 6.07) is 20.3. The Morgan fingerprint density at radius 3 is 2.48 bits per heavy atom. The van der Waals surface area contributed by atoms with Gasteiger partial charge in [-0.1, -0.05) is 60.7 Å². The number of hydrogen-bond donors (Lipinski definition) is 0. The van der Waals surface area contributed by atoms with Gasteiger partial charge in [0.1, 0.15) is 0 Å². The van der Waals surface area contributed by atoms with Gasteiger partial charge in [-0.15, -0.1) is 11.8 Å². The number of carbonyl (C=O) groups excluding carboxylic acids is 1. The van der Waals surface area contributed by atoms with E-state index in [1.165, 1.54) is 5.56 Å². The van der Waals surface area contributed by atoms with Crippen LogP contribution in [0, 0.1) is 0 Å². The van der Waals surface area contributed by atoms with E-state index in [9.17, 15) is 4.79 Å². The van der Waals surface area contributed by atoms with Gasteiger partial charge in [-0.25, -0.2) is 5.01 Å². The van der Waals surface area contributed by atoms with Gasteiger partial charge < -0.3 is 0 Å². The second-order valence-corrected chi connectivity index (χ2v) is 6.87. The highest BCUT2D eigenvalue weighted by molar-refractivity contribution is 8.00. The van der Waals surface area contributed by atoms with Gasteiger partial charge in [0, 0.05) is 11.7 Å². The maximum absolute atomic E-state index is 12.4. The van der Waals surface area contributed by atoms with Crippen molar-refractivity contribution in [1.82, 2.24) is 5.01 Å². The highest BCUT2D eigenvalue weighted by Gasteiger charge is 2.22. The molecule has 0 spiro atoms. The molecule has 0 N–H and O–H groups in total. The number of rotatable bonds is 5. The first kappa shape index (κ1) is 15.8. The van der Waals surface area contributed by atoms with Crippen molar-refractivity contribution in [3.63, 3.8) is 0 Å². The van der Waals surface area contributed by atoms with E-state index in [4.69, 9.17) is 0 Å². The molecule has 1 atom stereocenters. The summed E-state index contributed by atoms with van der Waals surface area (Å²) in [6.07, 6.45) is 0.828. The first-order valence-corrected chi connectivity index (χ1v) is 8.89. The maximum Gasteiger partial charge on any atom is 0.252 e. The predicted molar refractivity (Wildman–Crippen MR) is 96.6 cm³/mol. The van der Waals surface area contributed by atoms with Crippen molar-refractivity contribution in [3.8, 4) is 0 Å². The Labute approximate surface area is 141 Å². The summed E-state index contributed by atoms with van der Waals surface area (Å²) in [5, 5.41) is 6.42. The average Bonchev–Trinajstić information content (AvgIpc) is 3.11. The minimum Gasteiger partial charge on any atom is -0.272 e. The lowest BCUT2D eigenvalue weighted by molar-refractivity contribution is -0.127. The van der Waals surface area contributed by atoms with Gasteiger partial charge in [-0.05, 0) is 18.1 Å². The first-order chi connectivity index (χ1) is 11.2. The number of amides is 1. The van der Waals surface area contributed by atoms with E-state index in [-0.39, 0.29) is 5.91 Å². The lowest BCUT2D eigenvalue weighted by Gasteiger charge is -2.14. The van der Waals surface area contributed by atoms with E-state index >= 15 is 0 Å². The average molecular weight is 324 g/mol. The summed E-state index contributed by atoms with van der Waals surface area (Å²) < 4.78 is 0. The molecule has 3 nitrogen and oxygen atoms in total. The molecular weight excluding hydrogens is 304 g/mol. The highest BCUT2D eigenvalue weighted by atomic mass is 32.2. The van der Waals surface area contributed by atoms with Crippen molar-refractivity contribution in [2.24, 2.45) is 5.10 Å². The lowest BCUT2D eigenvalue weighted by Crippen LogP contribution is -2.25. The SMILES string of the molecule is CC(SCC(=O)N1CCC(c2ccccc2)=N1)c1ccccc1. The molecule has 23 heavy (non-hydrogen) atoms. The van der Waals surface area contributed by atoms with Crippen molar-refractivity contribution in [3.05, 3.63) is 71.8 Å². The van der Waals surface area contributed by atoms with Gasteiger partial charge in [0.25, 0.3) is 5.91 Å². The number of hydrogen-bond acceptors (Lipinski definition) is 3. The Morgan fingerprint density at radius 2 is 1.78 bits per heavy atom. The molecule has 0 aromatic heterocycles. The van der Waals surface area contributed by atoms with Crippen molar-refractivity contribution in [2.45, 2.75) is 18.6 Å². The summed E-state index contributed by atoms with van der Waals surface area (Å²) in [6.45, 7) is 2.82. The minimum atomic E-state index is 0.0868. The second-order valence-electron chi connectivity index (χ2n) is 5.54. The van der Waals surface area contributed by atoms with Gasteiger partial charge in [0.15, 0.2) is 0 Å². The van der Waals surface area contributed by atoms with E-state index in [0.717, 1.165) is 17.7 Å². The normalized spacial score (nSPS) is 15.3. The topological polar surface area (TPSA) is 32.7 Å². The molecule has 1 aliphatic heterocycles. The molecule has 0 bridgehead atoms. The van der Waals surface area contributed by atoms with Crippen LogP contribution in [-0.2, 0) is 4.79 Å². The molecule has 4 heteroatoms. The Bertz CT molecular complexity index is 685. The Morgan fingerprint density at radius 1 is 1.13 bits per heavy atom. The standard InChI is InChI=1S/C19H20N2OS/c1-15(16-8-4-2-5-9-16)23-14-19(22)21-13-12-18(20-21)17-10-6-3-7-11-17/h2-11,15H,12-14H2,1H3. The van der Waals surface area contributed by atoms with Crippen molar-refractivity contribution >= 4 is 23.4 Å². The molecule has 0 fully saturated rings. The molecule has 1 aliphatic rings. The summed E-state index contributed by atoms with van der Waals surface area (Å²) in [4.78, 5) is 12.4. The molecule has 2 aromatic carbocycles. The van der Waals surface area contributed by atoms with Crippen LogP contribution >= 0.6 is 11.8 Å². The van der Waals surface area contributed by atoms with Gasteiger partial charge in [0.2, 0.25) is 0 Å². The second kappa shape index (κ2) is 7.47. The minimum absolute atomic E-state index is 0.0868. The van der Waals surface area contributed by atoms with Gasteiger partial charge >= 0.3 is 0 Å². The van der Waals surface area contributed by atoms with Crippen LogP contribution in [0.25, 0.3) is 0 Å². The zero-order valence-corrected chi connectivity index (χ0v) is 14.0. The predicted octanol–water partition coefficient (Wildman–Crippen LogP) is 4.12. The number of hydrazone groups is 1. The largest absolute Gasteiger partial charge is 0.272 e. The summed E-state index contributed by atoms with van der Waals surface area (Å²) in [7, 11) is 0. The van der Waals surface area contributed by atoms with Crippen LogP contribution in [0.15, 0.2) is 65.8 Å². The quantitative estimate of drug-likeness (QED) is 0.829. The third-order valence-corrected chi connectivity index (χ3v) is 5.11. The van der Waals surface area contributed by atoms with Crippen LogP contribution in [0.1, 0.15) is 29.7 Å². The van der Waals surface area contributed by atoms with Crippen molar-refractivity contribution in [2.75, 3.05) is 12.3 Å². The van der Waals surface area contributed by atoms with E-state index in [1.807, 2.05) is 48.5 Å². The Balaban J connectivity index is 1.56.